The Hall–Kier alpha value is -2.59. The van der Waals surface area contributed by atoms with Gasteiger partial charge < -0.3 is 9.30 Å². The summed E-state index contributed by atoms with van der Waals surface area (Å²) in [5.74, 6) is 1.85. The minimum absolute atomic E-state index is 0.591. The van der Waals surface area contributed by atoms with Crippen molar-refractivity contribution < 1.29 is 4.74 Å². The number of hydrogen-bond acceptors (Lipinski definition) is 2. The van der Waals surface area contributed by atoms with Crippen LogP contribution in [-0.2, 0) is 6.54 Å². The molecule has 4 aromatic rings. The third-order valence-electron chi connectivity index (χ3n) is 4.08. The molecule has 1 heterocycles. The second-order valence-corrected chi connectivity index (χ2v) is 6.66. The molecule has 0 fully saturated rings. The number of imidazole rings is 1. The van der Waals surface area contributed by atoms with Gasteiger partial charge in [0.05, 0.1) is 17.6 Å². The monoisotopic (exact) mass is 392 g/mol. The van der Waals surface area contributed by atoms with Gasteiger partial charge in [0.25, 0.3) is 0 Å². The van der Waals surface area contributed by atoms with Crippen molar-refractivity contribution in [3.8, 4) is 17.1 Å². The van der Waals surface area contributed by atoms with E-state index in [9.17, 15) is 0 Å². The van der Waals surface area contributed by atoms with Crippen LogP contribution in [0.5, 0.6) is 5.75 Å². The minimum atomic E-state index is 0.591. The number of para-hydroxylation sites is 3. The van der Waals surface area contributed by atoms with E-state index in [4.69, 9.17) is 9.72 Å². The lowest BCUT2D eigenvalue weighted by atomic mass is 10.2. The molecule has 4 rings (SSSR count). The molecule has 0 bridgehead atoms. The summed E-state index contributed by atoms with van der Waals surface area (Å²) in [4.78, 5) is 4.83. The Balaban J connectivity index is 1.66. The van der Waals surface area contributed by atoms with Crippen LogP contribution in [0.25, 0.3) is 22.4 Å². The van der Waals surface area contributed by atoms with Gasteiger partial charge in [-0.1, -0.05) is 58.4 Å². The molecule has 0 atom stereocenters. The second-order valence-electron chi connectivity index (χ2n) is 5.74. The fourth-order valence-corrected chi connectivity index (χ4v) is 3.16. The molecule has 0 N–H and O–H groups in total. The van der Waals surface area contributed by atoms with Crippen molar-refractivity contribution in [3.05, 3.63) is 83.3 Å². The van der Waals surface area contributed by atoms with Gasteiger partial charge in [-0.05, 0) is 36.4 Å². The zero-order valence-electron chi connectivity index (χ0n) is 13.6. The molecule has 1 aromatic heterocycles. The SMILES string of the molecule is Brc1ccc(-c2nc3ccccc3n2CCOc2ccccc2)cc1. The number of halogens is 1. The number of fused-ring (bicyclic) bond motifs is 1. The first kappa shape index (κ1) is 15.9. The Bertz CT molecular complexity index is 978. The summed E-state index contributed by atoms with van der Waals surface area (Å²) in [6.45, 7) is 1.33. The standard InChI is InChI=1S/C21H17BrN2O/c22-17-12-10-16(11-13-17)21-23-19-8-4-5-9-20(19)24(21)14-15-25-18-6-2-1-3-7-18/h1-13H,14-15H2. The summed E-state index contributed by atoms with van der Waals surface area (Å²) in [6.07, 6.45) is 0. The highest BCUT2D eigenvalue weighted by Crippen LogP contribution is 2.26. The Labute approximate surface area is 155 Å². The number of benzene rings is 3. The predicted octanol–water partition coefficient (Wildman–Crippen LogP) is 5.54. The van der Waals surface area contributed by atoms with Crippen molar-refractivity contribution in [1.29, 1.82) is 0 Å². The number of rotatable bonds is 5. The minimum Gasteiger partial charge on any atom is -0.492 e. The van der Waals surface area contributed by atoms with Gasteiger partial charge in [0.15, 0.2) is 0 Å². The first-order chi connectivity index (χ1) is 12.3. The van der Waals surface area contributed by atoms with Crippen LogP contribution in [-0.4, -0.2) is 16.2 Å². The molecule has 0 spiro atoms. The van der Waals surface area contributed by atoms with Crippen molar-refractivity contribution in [3.63, 3.8) is 0 Å². The summed E-state index contributed by atoms with van der Waals surface area (Å²) < 4.78 is 9.17. The lowest BCUT2D eigenvalue weighted by Gasteiger charge is -2.11. The summed E-state index contributed by atoms with van der Waals surface area (Å²) >= 11 is 3.49. The molecular formula is C21H17BrN2O. The lowest BCUT2D eigenvalue weighted by molar-refractivity contribution is 0.301. The average molecular weight is 393 g/mol. The summed E-state index contributed by atoms with van der Waals surface area (Å²) in [6, 6.07) is 26.4. The molecule has 3 nitrogen and oxygen atoms in total. The Morgan fingerprint density at radius 2 is 1.56 bits per heavy atom. The van der Waals surface area contributed by atoms with E-state index in [2.05, 4.69) is 38.7 Å². The number of nitrogens with zero attached hydrogens (tertiary/aromatic N) is 2. The highest BCUT2D eigenvalue weighted by atomic mass is 79.9. The highest BCUT2D eigenvalue weighted by Gasteiger charge is 2.12. The van der Waals surface area contributed by atoms with Crippen molar-refractivity contribution >= 4 is 27.0 Å². The van der Waals surface area contributed by atoms with Gasteiger partial charge in [0.1, 0.15) is 18.2 Å². The molecule has 0 aliphatic heterocycles. The summed E-state index contributed by atoms with van der Waals surface area (Å²) in [7, 11) is 0. The lowest BCUT2D eigenvalue weighted by Crippen LogP contribution is -2.09. The zero-order chi connectivity index (χ0) is 17.1. The molecule has 0 saturated carbocycles. The first-order valence-corrected chi connectivity index (χ1v) is 8.99. The van der Waals surface area contributed by atoms with E-state index in [1.807, 2.05) is 60.7 Å². The van der Waals surface area contributed by atoms with Gasteiger partial charge in [-0.3, -0.25) is 0 Å². The molecular weight excluding hydrogens is 376 g/mol. The molecule has 0 unspecified atom stereocenters. The molecule has 0 saturated heterocycles. The Morgan fingerprint density at radius 1 is 0.840 bits per heavy atom. The number of aromatic nitrogens is 2. The van der Waals surface area contributed by atoms with E-state index < -0.39 is 0 Å². The van der Waals surface area contributed by atoms with E-state index in [0.717, 1.165) is 39.2 Å². The molecule has 0 aliphatic rings. The fraction of sp³-hybridized carbons (Fsp3) is 0.0952. The van der Waals surface area contributed by atoms with E-state index >= 15 is 0 Å². The van der Waals surface area contributed by atoms with Crippen molar-refractivity contribution in [1.82, 2.24) is 9.55 Å². The second kappa shape index (κ2) is 7.11. The van der Waals surface area contributed by atoms with Crippen LogP contribution in [0.4, 0.5) is 0 Å². The fourth-order valence-electron chi connectivity index (χ4n) is 2.89. The van der Waals surface area contributed by atoms with Crippen LogP contribution in [0.2, 0.25) is 0 Å². The van der Waals surface area contributed by atoms with Gasteiger partial charge in [-0.25, -0.2) is 4.98 Å². The molecule has 0 amide bonds. The predicted molar refractivity (Wildman–Crippen MR) is 105 cm³/mol. The first-order valence-electron chi connectivity index (χ1n) is 8.20. The van der Waals surface area contributed by atoms with Crippen molar-refractivity contribution in [2.24, 2.45) is 0 Å². The summed E-state index contributed by atoms with van der Waals surface area (Å²) in [5.41, 5.74) is 3.22. The van der Waals surface area contributed by atoms with E-state index in [-0.39, 0.29) is 0 Å². The van der Waals surface area contributed by atoms with Crippen LogP contribution < -0.4 is 4.74 Å². The van der Waals surface area contributed by atoms with E-state index in [1.165, 1.54) is 0 Å². The van der Waals surface area contributed by atoms with E-state index in [1.54, 1.807) is 0 Å². The molecule has 124 valence electrons. The van der Waals surface area contributed by atoms with Gasteiger partial charge >= 0.3 is 0 Å². The highest BCUT2D eigenvalue weighted by molar-refractivity contribution is 9.10. The smallest absolute Gasteiger partial charge is 0.141 e. The van der Waals surface area contributed by atoms with Crippen LogP contribution in [0.15, 0.2) is 83.3 Å². The quantitative estimate of drug-likeness (QED) is 0.445. The van der Waals surface area contributed by atoms with Crippen LogP contribution in [0.1, 0.15) is 0 Å². The van der Waals surface area contributed by atoms with Crippen molar-refractivity contribution in [2.45, 2.75) is 6.54 Å². The maximum absolute atomic E-state index is 5.88. The molecule has 4 heteroatoms. The maximum Gasteiger partial charge on any atom is 0.141 e. The number of hydrogen-bond donors (Lipinski definition) is 0. The maximum atomic E-state index is 5.88. The third-order valence-corrected chi connectivity index (χ3v) is 4.61. The topological polar surface area (TPSA) is 27.1 Å². The average Bonchev–Trinajstić information content (AvgIpc) is 3.02. The molecule has 0 radical (unpaired) electrons. The Kier molecular flexibility index (Phi) is 4.53. The van der Waals surface area contributed by atoms with E-state index in [0.29, 0.717) is 6.61 Å². The number of ether oxygens (including phenoxy) is 1. The molecule has 0 aliphatic carbocycles. The van der Waals surface area contributed by atoms with Crippen LogP contribution in [0.3, 0.4) is 0 Å². The third kappa shape index (κ3) is 3.44. The van der Waals surface area contributed by atoms with Crippen LogP contribution >= 0.6 is 15.9 Å². The molecule has 25 heavy (non-hydrogen) atoms. The largest absolute Gasteiger partial charge is 0.492 e. The zero-order valence-corrected chi connectivity index (χ0v) is 15.2. The Morgan fingerprint density at radius 3 is 2.36 bits per heavy atom. The normalized spacial score (nSPS) is 10.9. The molecule has 3 aromatic carbocycles. The summed E-state index contributed by atoms with van der Waals surface area (Å²) in [5, 5.41) is 0. The van der Waals surface area contributed by atoms with Gasteiger partial charge in [0.2, 0.25) is 0 Å². The van der Waals surface area contributed by atoms with Gasteiger partial charge in [-0.2, -0.15) is 0 Å². The van der Waals surface area contributed by atoms with Crippen LogP contribution in [0, 0.1) is 0 Å². The van der Waals surface area contributed by atoms with Gasteiger partial charge in [-0.15, -0.1) is 0 Å². The van der Waals surface area contributed by atoms with Crippen molar-refractivity contribution in [2.75, 3.05) is 6.61 Å². The van der Waals surface area contributed by atoms with Gasteiger partial charge in [0, 0.05) is 10.0 Å².